The molecule has 0 radical (unpaired) electrons. The van der Waals surface area contributed by atoms with Crippen LogP contribution in [0.1, 0.15) is 59.8 Å². The van der Waals surface area contributed by atoms with Crippen molar-refractivity contribution >= 4 is 0 Å². The van der Waals surface area contributed by atoms with E-state index in [9.17, 15) is 0 Å². The first-order chi connectivity index (χ1) is 7.93. The molecule has 0 aromatic heterocycles. The molecule has 0 aromatic rings. The van der Waals surface area contributed by atoms with Crippen molar-refractivity contribution in [1.82, 2.24) is 5.32 Å². The molecule has 0 spiro atoms. The summed E-state index contributed by atoms with van der Waals surface area (Å²) < 4.78 is 0. The Morgan fingerprint density at radius 3 is 2.47 bits per heavy atom. The van der Waals surface area contributed by atoms with E-state index in [0.717, 1.165) is 19.0 Å². The van der Waals surface area contributed by atoms with Crippen molar-refractivity contribution in [3.63, 3.8) is 0 Å². The lowest BCUT2D eigenvalue weighted by atomic mass is 9.81. The number of hydrogen-bond donors (Lipinski definition) is 2. The minimum atomic E-state index is 0.384. The zero-order valence-electron chi connectivity index (χ0n) is 12.3. The van der Waals surface area contributed by atoms with E-state index in [1.165, 1.54) is 32.1 Å². The van der Waals surface area contributed by atoms with Crippen LogP contribution in [0.2, 0.25) is 0 Å². The third-order valence-electron chi connectivity index (χ3n) is 4.77. The number of rotatable bonds is 5. The Morgan fingerprint density at radius 2 is 1.82 bits per heavy atom. The largest absolute Gasteiger partial charge is 0.327 e. The second kappa shape index (κ2) is 6.75. The molecule has 2 unspecified atom stereocenters. The van der Waals surface area contributed by atoms with Crippen LogP contribution in [0.15, 0.2) is 0 Å². The monoisotopic (exact) mass is 240 g/mol. The van der Waals surface area contributed by atoms with E-state index in [-0.39, 0.29) is 0 Å². The molecular weight excluding hydrogens is 208 g/mol. The maximum absolute atomic E-state index is 6.25. The van der Waals surface area contributed by atoms with Gasteiger partial charge in [-0.15, -0.1) is 0 Å². The summed E-state index contributed by atoms with van der Waals surface area (Å²) in [5, 5.41) is 3.65. The van der Waals surface area contributed by atoms with Crippen molar-refractivity contribution in [3.05, 3.63) is 0 Å². The quantitative estimate of drug-likeness (QED) is 0.724. The van der Waals surface area contributed by atoms with Crippen LogP contribution >= 0.6 is 0 Å². The van der Waals surface area contributed by atoms with Gasteiger partial charge in [0.2, 0.25) is 0 Å². The van der Waals surface area contributed by atoms with E-state index in [2.05, 4.69) is 33.0 Å². The van der Waals surface area contributed by atoms with Crippen molar-refractivity contribution in [2.24, 2.45) is 23.0 Å². The zero-order valence-corrected chi connectivity index (χ0v) is 12.3. The fourth-order valence-corrected chi connectivity index (χ4v) is 2.45. The lowest BCUT2D eigenvalue weighted by Crippen LogP contribution is -2.40. The highest BCUT2D eigenvalue weighted by Crippen LogP contribution is 2.25. The molecule has 102 valence electrons. The Morgan fingerprint density at radius 1 is 1.18 bits per heavy atom. The molecule has 0 heterocycles. The van der Waals surface area contributed by atoms with Gasteiger partial charge >= 0.3 is 0 Å². The van der Waals surface area contributed by atoms with Crippen LogP contribution < -0.4 is 11.1 Å². The second-order valence-corrected chi connectivity index (χ2v) is 6.84. The van der Waals surface area contributed by atoms with Gasteiger partial charge < -0.3 is 11.1 Å². The molecule has 3 N–H and O–H groups in total. The lowest BCUT2D eigenvalue weighted by Gasteiger charge is -2.31. The van der Waals surface area contributed by atoms with Crippen LogP contribution in [-0.2, 0) is 0 Å². The maximum Gasteiger partial charge on any atom is 0.00792 e. The Balaban J connectivity index is 2.29. The van der Waals surface area contributed by atoms with E-state index >= 15 is 0 Å². The van der Waals surface area contributed by atoms with E-state index in [1.54, 1.807) is 0 Å². The van der Waals surface area contributed by atoms with Gasteiger partial charge in [0.05, 0.1) is 0 Å². The predicted molar refractivity (Wildman–Crippen MR) is 76.0 cm³/mol. The summed E-state index contributed by atoms with van der Waals surface area (Å²) in [6.07, 6.45) is 6.61. The molecule has 1 fully saturated rings. The van der Waals surface area contributed by atoms with Gasteiger partial charge in [-0.3, -0.25) is 0 Å². The van der Waals surface area contributed by atoms with Gasteiger partial charge in [0.15, 0.2) is 0 Å². The van der Waals surface area contributed by atoms with Crippen LogP contribution in [0.25, 0.3) is 0 Å². The van der Waals surface area contributed by atoms with Gasteiger partial charge in [-0.2, -0.15) is 0 Å². The van der Waals surface area contributed by atoms with E-state index in [4.69, 9.17) is 5.73 Å². The molecule has 1 aliphatic carbocycles. The highest BCUT2D eigenvalue weighted by Gasteiger charge is 2.24. The van der Waals surface area contributed by atoms with Crippen molar-refractivity contribution in [2.75, 3.05) is 13.1 Å². The Hall–Kier alpha value is -0.0800. The molecular formula is C15H32N2. The molecule has 0 bridgehead atoms. The highest BCUT2D eigenvalue weighted by atomic mass is 14.9. The van der Waals surface area contributed by atoms with E-state index < -0.39 is 0 Å². The fraction of sp³-hybridized carbons (Fsp3) is 1.00. The molecule has 0 aromatic carbocycles. The summed E-state index contributed by atoms with van der Waals surface area (Å²) in [5.74, 6) is 1.42. The third-order valence-corrected chi connectivity index (χ3v) is 4.77. The smallest absolute Gasteiger partial charge is 0.00792 e. The molecule has 2 atom stereocenters. The average molecular weight is 240 g/mol. The predicted octanol–water partition coefficient (Wildman–Crippen LogP) is 3.17. The third kappa shape index (κ3) is 4.97. The number of hydrogen-bond acceptors (Lipinski definition) is 2. The Labute approximate surface area is 108 Å². The van der Waals surface area contributed by atoms with Crippen molar-refractivity contribution in [2.45, 2.75) is 65.8 Å². The van der Waals surface area contributed by atoms with Crippen LogP contribution in [0, 0.1) is 17.3 Å². The Kier molecular flexibility index (Phi) is 5.94. The maximum atomic E-state index is 6.25. The zero-order chi connectivity index (χ0) is 12.9. The SMILES string of the molecule is CC(C)C(C)(C)CNCC1CCCCCC1N. The number of nitrogens with two attached hydrogens (primary N) is 1. The van der Waals surface area contributed by atoms with Gasteiger partial charge in [-0.05, 0) is 36.6 Å². The van der Waals surface area contributed by atoms with E-state index in [0.29, 0.717) is 17.4 Å². The van der Waals surface area contributed by atoms with Gasteiger partial charge in [-0.25, -0.2) is 0 Å². The standard InChI is InChI=1S/C15H32N2/c1-12(2)15(3,4)11-17-10-13-8-6-5-7-9-14(13)16/h12-14,17H,5-11,16H2,1-4H3. The minimum absolute atomic E-state index is 0.384. The molecule has 1 aliphatic rings. The van der Waals surface area contributed by atoms with Gasteiger partial charge in [-0.1, -0.05) is 47.0 Å². The second-order valence-electron chi connectivity index (χ2n) is 6.84. The highest BCUT2D eigenvalue weighted by molar-refractivity contribution is 4.80. The van der Waals surface area contributed by atoms with E-state index in [1.807, 2.05) is 0 Å². The Bertz CT molecular complexity index is 211. The molecule has 2 nitrogen and oxygen atoms in total. The van der Waals surface area contributed by atoms with Crippen molar-refractivity contribution in [3.8, 4) is 0 Å². The summed E-state index contributed by atoms with van der Waals surface area (Å²) >= 11 is 0. The van der Waals surface area contributed by atoms with Gasteiger partial charge in [0, 0.05) is 12.6 Å². The van der Waals surface area contributed by atoms with Crippen molar-refractivity contribution < 1.29 is 0 Å². The first-order valence-corrected chi connectivity index (χ1v) is 7.40. The summed E-state index contributed by atoms with van der Waals surface area (Å²) in [5.41, 5.74) is 6.63. The molecule has 1 rings (SSSR count). The van der Waals surface area contributed by atoms with Gasteiger partial charge in [0.1, 0.15) is 0 Å². The van der Waals surface area contributed by atoms with Crippen LogP contribution in [-0.4, -0.2) is 19.1 Å². The van der Waals surface area contributed by atoms with Crippen LogP contribution in [0.5, 0.6) is 0 Å². The normalized spacial score (nSPS) is 27.2. The molecule has 2 heteroatoms. The lowest BCUT2D eigenvalue weighted by molar-refractivity contribution is 0.228. The van der Waals surface area contributed by atoms with Crippen LogP contribution in [0.4, 0.5) is 0 Å². The molecule has 0 amide bonds. The molecule has 1 saturated carbocycles. The fourth-order valence-electron chi connectivity index (χ4n) is 2.45. The topological polar surface area (TPSA) is 38.0 Å². The summed E-state index contributed by atoms with van der Waals surface area (Å²) in [6.45, 7) is 11.5. The number of nitrogens with one attached hydrogen (secondary N) is 1. The van der Waals surface area contributed by atoms with Gasteiger partial charge in [0.25, 0.3) is 0 Å². The van der Waals surface area contributed by atoms with Crippen LogP contribution in [0.3, 0.4) is 0 Å². The minimum Gasteiger partial charge on any atom is -0.327 e. The summed E-state index contributed by atoms with van der Waals surface area (Å²) in [6, 6.07) is 0.423. The average Bonchev–Trinajstić information content (AvgIpc) is 2.44. The van der Waals surface area contributed by atoms with Crippen molar-refractivity contribution in [1.29, 1.82) is 0 Å². The molecule has 0 saturated heterocycles. The summed E-state index contributed by atoms with van der Waals surface area (Å²) in [7, 11) is 0. The first kappa shape index (κ1) is 15.0. The summed E-state index contributed by atoms with van der Waals surface area (Å²) in [4.78, 5) is 0. The molecule has 17 heavy (non-hydrogen) atoms. The molecule has 0 aliphatic heterocycles. The first-order valence-electron chi connectivity index (χ1n) is 7.40.